The van der Waals surface area contributed by atoms with E-state index in [1.165, 1.54) is 12.1 Å². The second-order valence-electron chi connectivity index (χ2n) is 6.11. The summed E-state index contributed by atoms with van der Waals surface area (Å²) in [5.41, 5.74) is 1.16. The van der Waals surface area contributed by atoms with E-state index in [-0.39, 0.29) is 19.4 Å². The van der Waals surface area contributed by atoms with Crippen LogP contribution < -0.4 is 10.6 Å². The lowest BCUT2D eigenvalue weighted by atomic mass is 10.1. The standard InChI is InChI=1S/C21H22N2O6/c1-2-29-21(28)15-8-10-16(11-9-15)22-18(24)13-12-17(20(26)27)23-19(25)14-6-4-3-5-7-14/h3-11,17H,2,12-13H2,1H3,(H,22,24)(H,23,25)(H,26,27)/t17-/m0/s1. The monoisotopic (exact) mass is 398 g/mol. The van der Waals surface area contributed by atoms with Crippen molar-refractivity contribution < 1.29 is 29.0 Å². The number of amides is 2. The van der Waals surface area contributed by atoms with Gasteiger partial charge in [-0.05, 0) is 49.7 Å². The lowest BCUT2D eigenvalue weighted by molar-refractivity contribution is -0.139. The van der Waals surface area contributed by atoms with Gasteiger partial charge in [-0.2, -0.15) is 0 Å². The van der Waals surface area contributed by atoms with Crippen molar-refractivity contribution in [2.24, 2.45) is 0 Å². The number of hydrogen-bond acceptors (Lipinski definition) is 5. The minimum absolute atomic E-state index is 0.0688. The fourth-order valence-corrected chi connectivity index (χ4v) is 2.49. The van der Waals surface area contributed by atoms with Gasteiger partial charge in [0.15, 0.2) is 0 Å². The van der Waals surface area contributed by atoms with Crippen LogP contribution in [-0.4, -0.2) is 41.5 Å². The van der Waals surface area contributed by atoms with Crippen molar-refractivity contribution in [1.29, 1.82) is 0 Å². The SMILES string of the molecule is CCOC(=O)c1ccc(NC(=O)CC[C@H](NC(=O)c2ccccc2)C(=O)O)cc1. The summed E-state index contributed by atoms with van der Waals surface area (Å²) in [6.45, 7) is 1.97. The van der Waals surface area contributed by atoms with Crippen LogP contribution in [0.4, 0.5) is 5.69 Å². The first-order valence-electron chi connectivity index (χ1n) is 9.06. The van der Waals surface area contributed by atoms with Crippen LogP contribution in [0, 0.1) is 0 Å². The van der Waals surface area contributed by atoms with Crippen LogP contribution >= 0.6 is 0 Å². The summed E-state index contributed by atoms with van der Waals surface area (Å²) in [6.07, 6.45) is -0.174. The number of rotatable bonds is 9. The molecular weight excluding hydrogens is 376 g/mol. The molecule has 0 saturated carbocycles. The van der Waals surface area contributed by atoms with E-state index < -0.39 is 29.8 Å². The number of benzene rings is 2. The zero-order valence-corrected chi connectivity index (χ0v) is 15.9. The molecule has 0 fully saturated rings. The Morgan fingerprint density at radius 1 is 0.966 bits per heavy atom. The van der Waals surface area contributed by atoms with Gasteiger partial charge in [0, 0.05) is 17.7 Å². The summed E-state index contributed by atoms with van der Waals surface area (Å²) < 4.78 is 4.88. The highest BCUT2D eigenvalue weighted by molar-refractivity contribution is 5.97. The molecule has 0 aliphatic rings. The first-order valence-corrected chi connectivity index (χ1v) is 9.06. The molecule has 2 aromatic rings. The van der Waals surface area contributed by atoms with Gasteiger partial charge in [0.1, 0.15) is 6.04 Å². The summed E-state index contributed by atoms with van der Waals surface area (Å²) in [5, 5.41) is 14.3. The minimum Gasteiger partial charge on any atom is -0.480 e. The topological polar surface area (TPSA) is 122 Å². The van der Waals surface area contributed by atoms with Gasteiger partial charge >= 0.3 is 11.9 Å². The largest absolute Gasteiger partial charge is 0.480 e. The predicted molar refractivity (Wildman–Crippen MR) is 106 cm³/mol. The number of nitrogens with one attached hydrogen (secondary N) is 2. The molecule has 29 heavy (non-hydrogen) atoms. The van der Waals surface area contributed by atoms with E-state index >= 15 is 0 Å². The van der Waals surface area contributed by atoms with Crippen molar-refractivity contribution in [2.45, 2.75) is 25.8 Å². The molecule has 0 spiro atoms. The number of esters is 1. The van der Waals surface area contributed by atoms with Crippen molar-refractivity contribution >= 4 is 29.4 Å². The Kier molecular flexibility index (Phi) is 7.90. The molecule has 8 heteroatoms. The van der Waals surface area contributed by atoms with Crippen LogP contribution in [0.5, 0.6) is 0 Å². The third kappa shape index (κ3) is 6.76. The Morgan fingerprint density at radius 2 is 1.62 bits per heavy atom. The maximum absolute atomic E-state index is 12.1. The van der Waals surface area contributed by atoms with Gasteiger partial charge in [-0.15, -0.1) is 0 Å². The molecule has 0 unspecified atom stereocenters. The number of ether oxygens (including phenoxy) is 1. The number of hydrogen-bond donors (Lipinski definition) is 3. The minimum atomic E-state index is -1.22. The van der Waals surface area contributed by atoms with E-state index in [0.29, 0.717) is 16.8 Å². The molecule has 3 N–H and O–H groups in total. The average Bonchev–Trinajstić information content (AvgIpc) is 2.72. The molecule has 0 aromatic heterocycles. The van der Waals surface area contributed by atoms with Crippen LogP contribution in [-0.2, 0) is 14.3 Å². The molecular formula is C21H22N2O6. The average molecular weight is 398 g/mol. The fourth-order valence-electron chi connectivity index (χ4n) is 2.49. The summed E-state index contributed by atoms with van der Waals surface area (Å²) >= 11 is 0. The van der Waals surface area contributed by atoms with Gasteiger partial charge in [-0.25, -0.2) is 9.59 Å². The molecule has 1 atom stereocenters. The third-order valence-electron chi connectivity index (χ3n) is 3.98. The molecule has 2 amide bonds. The van der Waals surface area contributed by atoms with E-state index in [2.05, 4.69) is 10.6 Å². The predicted octanol–water partition coefficient (Wildman–Crippen LogP) is 2.47. The fraction of sp³-hybridized carbons (Fsp3) is 0.238. The lowest BCUT2D eigenvalue weighted by Gasteiger charge is -2.14. The number of aliphatic carboxylic acids is 1. The normalized spacial score (nSPS) is 11.2. The Bertz CT molecular complexity index is 864. The van der Waals surface area contributed by atoms with Crippen LogP contribution in [0.15, 0.2) is 54.6 Å². The molecule has 152 valence electrons. The highest BCUT2D eigenvalue weighted by Gasteiger charge is 2.21. The second kappa shape index (κ2) is 10.6. The summed E-state index contributed by atoms with van der Waals surface area (Å²) in [4.78, 5) is 47.2. The summed E-state index contributed by atoms with van der Waals surface area (Å²) in [5.74, 6) is -2.60. The van der Waals surface area contributed by atoms with Gasteiger partial charge in [-0.1, -0.05) is 18.2 Å². The van der Waals surface area contributed by atoms with Crippen molar-refractivity contribution in [1.82, 2.24) is 5.32 Å². The number of carbonyl (C=O) groups excluding carboxylic acids is 3. The highest BCUT2D eigenvalue weighted by Crippen LogP contribution is 2.12. The van der Waals surface area contributed by atoms with Crippen molar-refractivity contribution in [3.8, 4) is 0 Å². The van der Waals surface area contributed by atoms with Gasteiger partial charge in [-0.3, -0.25) is 9.59 Å². The molecule has 0 radical (unpaired) electrons. The molecule has 0 bridgehead atoms. The first kappa shape index (κ1) is 21.6. The van der Waals surface area contributed by atoms with Crippen molar-refractivity contribution in [2.75, 3.05) is 11.9 Å². The Labute approximate surface area is 167 Å². The highest BCUT2D eigenvalue weighted by atomic mass is 16.5. The maximum atomic E-state index is 12.1. The number of carboxylic acids is 1. The quantitative estimate of drug-likeness (QED) is 0.558. The van der Waals surface area contributed by atoms with Crippen LogP contribution in [0.25, 0.3) is 0 Å². The Hall–Kier alpha value is -3.68. The zero-order chi connectivity index (χ0) is 21.2. The lowest BCUT2D eigenvalue weighted by Crippen LogP contribution is -2.41. The van der Waals surface area contributed by atoms with E-state index in [1.807, 2.05) is 0 Å². The zero-order valence-electron chi connectivity index (χ0n) is 15.9. The molecule has 2 rings (SSSR count). The molecule has 0 aliphatic heterocycles. The smallest absolute Gasteiger partial charge is 0.338 e. The number of carboxylic acid groups (broad SMARTS) is 1. The third-order valence-corrected chi connectivity index (χ3v) is 3.98. The Morgan fingerprint density at radius 3 is 2.21 bits per heavy atom. The molecule has 0 saturated heterocycles. The summed E-state index contributed by atoms with van der Waals surface area (Å²) in [6, 6.07) is 13.2. The van der Waals surface area contributed by atoms with Gasteiger partial charge in [0.25, 0.3) is 5.91 Å². The molecule has 2 aromatic carbocycles. The summed E-state index contributed by atoms with van der Waals surface area (Å²) in [7, 11) is 0. The number of anilines is 1. The van der Waals surface area contributed by atoms with E-state index in [1.54, 1.807) is 49.4 Å². The van der Waals surface area contributed by atoms with Gasteiger partial charge < -0.3 is 20.5 Å². The van der Waals surface area contributed by atoms with Crippen molar-refractivity contribution in [3.63, 3.8) is 0 Å². The van der Waals surface area contributed by atoms with E-state index in [4.69, 9.17) is 4.74 Å². The molecule has 0 heterocycles. The Balaban J connectivity index is 1.88. The second-order valence-corrected chi connectivity index (χ2v) is 6.11. The van der Waals surface area contributed by atoms with E-state index in [9.17, 15) is 24.3 Å². The van der Waals surface area contributed by atoms with Gasteiger partial charge in [0.2, 0.25) is 5.91 Å². The van der Waals surface area contributed by atoms with Crippen LogP contribution in [0.3, 0.4) is 0 Å². The number of carbonyl (C=O) groups is 4. The maximum Gasteiger partial charge on any atom is 0.338 e. The first-order chi connectivity index (χ1) is 13.9. The van der Waals surface area contributed by atoms with Gasteiger partial charge in [0.05, 0.1) is 12.2 Å². The van der Waals surface area contributed by atoms with Crippen molar-refractivity contribution in [3.05, 3.63) is 65.7 Å². The molecule has 8 nitrogen and oxygen atoms in total. The van der Waals surface area contributed by atoms with Crippen LogP contribution in [0.1, 0.15) is 40.5 Å². The molecule has 0 aliphatic carbocycles. The van der Waals surface area contributed by atoms with E-state index in [0.717, 1.165) is 0 Å². The van der Waals surface area contributed by atoms with Crippen LogP contribution in [0.2, 0.25) is 0 Å².